The minimum Gasteiger partial charge on any atom is -0.493 e. The predicted octanol–water partition coefficient (Wildman–Crippen LogP) is 5.42. The van der Waals surface area contributed by atoms with Crippen LogP contribution in [0.15, 0.2) is 66.7 Å². The second kappa shape index (κ2) is 8.67. The number of anilines is 1. The van der Waals surface area contributed by atoms with Gasteiger partial charge in [-0.3, -0.25) is 0 Å². The van der Waals surface area contributed by atoms with Crippen LogP contribution in [0.2, 0.25) is 0 Å². The number of aromatic nitrogens is 1. The molecule has 0 fully saturated rings. The van der Waals surface area contributed by atoms with E-state index in [-0.39, 0.29) is 6.54 Å². The van der Waals surface area contributed by atoms with Crippen LogP contribution in [0.3, 0.4) is 0 Å². The summed E-state index contributed by atoms with van der Waals surface area (Å²) in [6.07, 6.45) is 0. The molecule has 2 heterocycles. The smallest absolute Gasteiger partial charge is 0.329 e. The molecule has 2 atom stereocenters. The monoisotopic (exact) mass is 471 g/mol. The number of benzene rings is 3. The third-order valence-electron chi connectivity index (χ3n) is 6.75. The van der Waals surface area contributed by atoms with Crippen LogP contribution < -0.4 is 15.8 Å². The van der Waals surface area contributed by atoms with Crippen molar-refractivity contribution in [3.63, 3.8) is 0 Å². The number of nitrogens with one attached hydrogen (secondary N) is 1. The van der Waals surface area contributed by atoms with Gasteiger partial charge in [0.25, 0.3) is 0 Å². The molecule has 0 saturated heterocycles. The van der Waals surface area contributed by atoms with Crippen LogP contribution >= 0.6 is 0 Å². The van der Waals surface area contributed by atoms with Crippen molar-refractivity contribution in [3.05, 3.63) is 78.1 Å². The number of hydrogen-bond acceptors (Lipinski definition) is 5. The first-order valence-corrected chi connectivity index (χ1v) is 11.5. The highest BCUT2D eigenvalue weighted by Gasteiger charge is 2.49. The molecule has 178 valence electrons. The van der Waals surface area contributed by atoms with Gasteiger partial charge in [-0.05, 0) is 43.7 Å². The molecule has 0 saturated carbocycles. The zero-order valence-electron chi connectivity index (χ0n) is 19.5. The molecule has 2 unspecified atom stereocenters. The summed E-state index contributed by atoms with van der Waals surface area (Å²) < 4.78 is 19.9. The highest BCUT2D eigenvalue weighted by atomic mass is 19.1. The molecular weight excluding hydrogens is 445 g/mol. The standard InChI is InChI=1S/C28H26FN3O3/c1-3-35-23-7-5-4-6-19(23)16-8-10-17(11-9-16)25-24-21(15-30)28(2,27(33)34)32-26(24)20-14-18(29)12-13-22(20)31-25/h4-14,21,32H,3,15,30H2,1-2H3,(H,33,34). The van der Waals surface area contributed by atoms with E-state index in [1.165, 1.54) is 12.1 Å². The first kappa shape index (κ1) is 22.8. The van der Waals surface area contributed by atoms with Crippen LogP contribution in [0.1, 0.15) is 25.3 Å². The Morgan fingerprint density at radius 2 is 1.86 bits per heavy atom. The van der Waals surface area contributed by atoms with Crippen molar-refractivity contribution >= 4 is 22.6 Å². The summed E-state index contributed by atoms with van der Waals surface area (Å²) in [5.74, 6) is -1.19. The Labute approximate surface area is 202 Å². The lowest BCUT2D eigenvalue weighted by atomic mass is 9.82. The molecule has 4 aromatic rings. The van der Waals surface area contributed by atoms with E-state index < -0.39 is 23.2 Å². The molecule has 1 aliphatic heterocycles. The SMILES string of the molecule is CCOc1ccccc1-c1ccc(-c2nc3ccc(F)cc3c3c2C(CN)C(C)(C(=O)O)N3)cc1. The van der Waals surface area contributed by atoms with E-state index in [2.05, 4.69) is 5.32 Å². The Morgan fingerprint density at radius 3 is 2.54 bits per heavy atom. The lowest BCUT2D eigenvalue weighted by Gasteiger charge is -2.27. The molecule has 6 nitrogen and oxygen atoms in total. The normalized spacial score (nSPS) is 18.8. The number of carboxylic acid groups (broad SMARTS) is 1. The zero-order valence-corrected chi connectivity index (χ0v) is 19.5. The van der Waals surface area contributed by atoms with Crippen molar-refractivity contribution in [1.29, 1.82) is 0 Å². The molecule has 3 aromatic carbocycles. The fraction of sp³-hybridized carbons (Fsp3) is 0.214. The summed E-state index contributed by atoms with van der Waals surface area (Å²) in [7, 11) is 0. The van der Waals surface area contributed by atoms with Gasteiger partial charge in [0, 0.05) is 34.5 Å². The Balaban J connectivity index is 1.69. The lowest BCUT2D eigenvalue weighted by molar-refractivity contribution is -0.142. The van der Waals surface area contributed by atoms with E-state index in [1.54, 1.807) is 13.0 Å². The van der Waals surface area contributed by atoms with Gasteiger partial charge in [0.15, 0.2) is 0 Å². The van der Waals surface area contributed by atoms with Crippen molar-refractivity contribution in [2.75, 3.05) is 18.5 Å². The summed E-state index contributed by atoms with van der Waals surface area (Å²) in [5.41, 5.74) is 10.0. The topological polar surface area (TPSA) is 97.5 Å². The number of halogens is 1. The highest BCUT2D eigenvalue weighted by Crippen LogP contribution is 2.49. The number of hydrogen-bond donors (Lipinski definition) is 3. The van der Waals surface area contributed by atoms with E-state index in [4.69, 9.17) is 15.5 Å². The number of fused-ring (bicyclic) bond motifs is 3. The van der Waals surface area contributed by atoms with Crippen molar-refractivity contribution in [2.24, 2.45) is 5.73 Å². The van der Waals surface area contributed by atoms with Crippen LogP contribution in [0, 0.1) is 5.82 Å². The maximum Gasteiger partial charge on any atom is 0.329 e. The molecule has 0 bridgehead atoms. The van der Waals surface area contributed by atoms with Gasteiger partial charge >= 0.3 is 5.97 Å². The quantitative estimate of drug-likeness (QED) is 0.348. The highest BCUT2D eigenvalue weighted by molar-refractivity contribution is 6.02. The number of para-hydroxylation sites is 1. The molecular formula is C28H26FN3O3. The predicted molar refractivity (Wildman–Crippen MR) is 135 cm³/mol. The average molecular weight is 472 g/mol. The van der Waals surface area contributed by atoms with Gasteiger partial charge in [0.2, 0.25) is 0 Å². The third-order valence-corrected chi connectivity index (χ3v) is 6.75. The first-order valence-electron chi connectivity index (χ1n) is 11.5. The lowest BCUT2D eigenvalue weighted by Crippen LogP contribution is -2.47. The van der Waals surface area contributed by atoms with Crippen LogP contribution in [-0.4, -0.2) is 34.8 Å². The van der Waals surface area contributed by atoms with Crippen LogP contribution in [0.4, 0.5) is 10.1 Å². The van der Waals surface area contributed by atoms with E-state index in [0.717, 1.165) is 22.4 Å². The summed E-state index contributed by atoms with van der Waals surface area (Å²) in [4.78, 5) is 17.1. The Hall–Kier alpha value is -3.97. The fourth-order valence-electron chi connectivity index (χ4n) is 4.93. The van der Waals surface area contributed by atoms with Gasteiger partial charge in [0.1, 0.15) is 17.1 Å². The first-order chi connectivity index (χ1) is 16.9. The fourth-order valence-corrected chi connectivity index (χ4v) is 4.93. The van der Waals surface area contributed by atoms with Crippen molar-refractivity contribution in [1.82, 2.24) is 4.98 Å². The molecule has 0 radical (unpaired) electrons. The Bertz CT molecular complexity index is 1440. The van der Waals surface area contributed by atoms with Gasteiger partial charge < -0.3 is 20.9 Å². The van der Waals surface area contributed by atoms with E-state index in [9.17, 15) is 14.3 Å². The summed E-state index contributed by atoms with van der Waals surface area (Å²) in [5, 5.41) is 13.7. The van der Waals surface area contributed by atoms with E-state index >= 15 is 0 Å². The number of ether oxygens (including phenoxy) is 1. The summed E-state index contributed by atoms with van der Waals surface area (Å²) >= 11 is 0. The Kier molecular flexibility index (Phi) is 5.65. The maximum atomic E-state index is 14.1. The van der Waals surface area contributed by atoms with Crippen LogP contribution in [0.5, 0.6) is 5.75 Å². The third kappa shape index (κ3) is 3.68. The number of carboxylic acids is 1. The molecule has 1 aromatic heterocycles. The maximum absolute atomic E-state index is 14.1. The van der Waals surface area contributed by atoms with Gasteiger partial charge in [-0.25, -0.2) is 14.2 Å². The van der Waals surface area contributed by atoms with Gasteiger partial charge in [-0.15, -0.1) is 0 Å². The molecule has 0 amide bonds. The van der Waals surface area contributed by atoms with Gasteiger partial charge in [0.05, 0.1) is 23.5 Å². The summed E-state index contributed by atoms with van der Waals surface area (Å²) in [6, 6.07) is 20.1. The van der Waals surface area contributed by atoms with Crippen LogP contribution in [0.25, 0.3) is 33.3 Å². The molecule has 0 aliphatic carbocycles. The minimum absolute atomic E-state index is 0.0954. The second-order valence-corrected chi connectivity index (χ2v) is 8.84. The molecule has 4 N–H and O–H groups in total. The van der Waals surface area contributed by atoms with Crippen molar-refractivity contribution in [2.45, 2.75) is 25.3 Å². The number of rotatable bonds is 6. The van der Waals surface area contributed by atoms with Gasteiger partial charge in [-0.1, -0.05) is 42.5 Å². The molecule has 1 aliphatic rings. The van der Waals surface area contributed by atoms with E-state index in [1.807, 2.05) is 55.5 Å². The Morgan fingerprint density at radius 1 is 1.14 bits per heavy atom. The largest absolute Gasteiger partial charge is 0.493 e. The van der Waals surface area contributed by atoms with Crippen molar-refractivity contribution < 1.29 is 19.0 Å². The zero-order chi connectivity index (χ0) is 24.7. The average Bonchev–Trinajstić information content (AvgIpc) is 3.18. The molecule has 7 heteroatoms. The molecule has 5 rings (SSSR count). The number of nitrogens with two attached hydrogens (primary N) is 1. The number of carbonyl (C=O) groups is 1. The van der Waals surface area contributed by atoms with Crippen LogP contribution in [-0.2, 0) is 4.79 Å². The second-order valence-electron chi connectivity index (χ2n) is 8.84. The number of pyridine rings is 1. The number of aliphatic carboxylic acids is 1. The molecule has 0 spiro atoms. The van der Waals surface area contributed by atoms with Gasteiger partial charge in [-0.2, -0.15) is 0 Å². The van der Waals surface area contributed by atoms with Crippen molar-refractivity contribution in [3.8, 4) is 28.1 Å². The summed E-state index contributed by atoms with van der Waals surface area (Å²) in [6.45, 7) is 4.22. The minimum atomic E-state index is -1.34. The van der Waals surface area contributed by atoms with E-state index in [0.29, 0.717) is 34.5 Å². The number of nitrogens with zero attached hydrogens (tertiary/aromatic N) is 1. The molecule has 35 heavy (non-hydrogen) atoms.